The number of hydrogen-bond donors (Lipinski definition) is 5. The number of carbonyl (C=O) groups excluding carboxylic acids is 2. The average Bonchev–Trinajstić information content (AvgIpc) is 0.753. The average molecular weight is 1570 g/mol. The molecule has 26 heteroatoms. The molecule has 2 amide bonds. The van der Waals surface area contributed by atoms with Gasteiger partial charge < -0.3 is 45.5 Å². The molecule has 6 heterocycles. The number of amidine groups is 3. The van der Waals surface area contributed by atoms with Gasteiger partial charge in [-0.05, 0) is 169 Å². The van der Waals surface area contributed by atoms with E-state index in [9.17, 15) is 52.3 Å². The lowest BCUT2D eigenvalue weighted by Crippen LogP contribution is -2.52. The van der Waals surface area contributed by atoms with Crippen molar-refractivity contribution in [3.05, 3.63) is 212 Å². The minimum atomic E-state index is -1.25. The molecule has 113 heavy (non-hydrogen) atoms. The minimum Gasteiger partial charge on any atom is -0.394 e. The molecule has 17 nitrogen and oxygen atoms in total. The number of aliphatic hydroxyl groups is 2. The number of terminal acetylenes is 3. The molecule has 0 aromatic heterocycles. The third-order valence-corrected chi connectivity index (χ3v) is 20.8. The van der Waals surface area contributed by atoms with Gasteiger partial charge in [0.2, 0.25) is 0 Å². The second kappa shape index (κ2) is 43.2. The molecule has 6 N–H and O–H groups in total. The molecule has 0 radical (unpaired) electrons. The number of nitrogens with one attached hydrogen (secondary N) is 2. The highest BCUT2D eigenvalue weighted by Crippen LogP contribution is 2.50. The maximum atomic E-state index is 15.3. The number of ether oxygens (including phenoxy) is 4. The first kappa shape index (κ1) is 86.1. The van der Waals surface area contributed by atoms with E-state index in [4.69, 9.17) is 54.2 Å². The highest BCUT2D eigenvalue weighted by molar-refractivity contribution is 8.14. The fourth-order valence-corrected chi connectivity index (χ4v) is 15.7. The molecule has 6 aliphatic heterocycles. The van der Waals surface area contributed by atoms with Crippen molar-refractivity contribution in [3.63, 3.8) is 0 Å². The van der Waals surface area contributed by atoms with Crippen LogP contribution >= 0.6 is 35.3 Å². The second-order valence-electron chi connectivity index (χ2n) is 24.7. The highest BCUT2D eigenvalue weighted by Gasteiger charge is 2.53. The van der Waals surface area contributed by atoms with Crippen LogP contribution in [0.25, 0.3) is 0 Å². The van der Waals surface area contributed by atoms with E-state index in [0.29, 0.717) is 94.6 Å². The van der Waals surface area contributed by atoms with Gasteiger partial charge in [0.15, 0.2) is 15.5 Å². The summed E-state index contributed by atoms with van der Waals surface area (Å²) in [5.41, 5.74) is 3.63. The van der Waals surface area contributed by atoms with Crippen molar-refractivity contribution in [2.24, 2.45) is 38.5 Å². The number of aliphatic imine (C=N–C) groups is 3. The molecule has 3 unspecified atom stereocenters. The Labute approximate surface area is 663 Å². The molecule has 9 atom stereocenters. The third-order valence-electron chi connectivity index (χ3n) is 17.8. The van der Waals surface area contributed by atoms with Gasteiger partial charge in [-0.1, -0.05) is 108 Å². The standard InChI is InChI=1S/C29H25F2N3O3S.C22H19F2N3O3S.C15H15F2N3O2S.C11H4.C10H2/c30-25-13-26(31)24(11-21(25)14-32)29-18-37-23(16-36-15-19-7-3-1-4-8-19)12-22(29)17-38-28(34-29)33-27(35)20-9-5-2-6-10-20;23-18-8-19(24)17(6-14(18)9-25)22-12-30-16(10-28)7-15(22)11-31-21(27-22)26-20(29)13-4-2-1-3-5-13;16-12-3-13(17)11(1-8(12)4-18)15-7-22-10(5-21)2-9(15)6-23-14(19)20-15;1-3-5-7-9-11-10-8-6-4-2;1-3-5-7-9-10-8-6-4-2/h1-11,13,22-23H,12,15-18H2,(H,33,34,35);1-6,8,15-16,28H,7,10-12H2,(H,26,27,29);1,3,9-10,21H,2,5-7H2,(H2,19,20);1H,2H3;1-2H/t22-,23?,29-;15-,16?,22-;9-,10?,15-;;/m000../s1. The summed E-state index contributed by atoms with van der Waals surface area (Å²) in [6.45, 7) is 2.13. The number of nitrogens with two attached hydrogens (primary N) is 1. The summed E-state index contributed by atoms with van der Waals surface area (Å²) in [6, 6.07) is 38.0. The van der Waals surface area contributed by atoms with Crippen LogP contribution < -0.4 is 16.4 Å². The van der Waals surface area contributed by atoms with Crippen molar-refractivity contribution < 1.29 is 65.1 Å². The van der Waals surface area contributed by atoms with E-state index >= 15 is 4.39 Å². The van der Waals surface area contributed by atoms with Gasteiger partial charge in [0.05, 0.1) is 81.3 Å². The predicted octanol–water partition coefficient (Wildman–Crippen LogP) is 10.6. The zero-order valence-corrected chi connectivity index (χ0v) is 62.6. The number of fused-ring (bicyclic) bond motifs is 3. The number of aliphatic hydroxyl groups excluding tert-OH is 2. The van der Waals surface area contributed by atoms with Crippen molar-refractivity contribution in [1.82, 2.24) is 10.6 Å². The molecule has 0 aliphatic carbocycles. The molecule has 12 rings (SSSR count). The van der Waals surface area contributed by atoms with Crippen molar-refractivity contribution in [1.29, 1.82) is 15.8 Å². The van der Waals surface area contributed by atoms with Gasteiger partial charge in [0.25, 0.3) is 11.8 Å². The summed E-state index contributed by atoms with van der Waals surface area (Å²) in [5, 5.41) is 52.9. The van der Waals surface area contributed by atoms with Gasteiger partial charge in [-0.15, -0.1) is 19.3 Å². The molecule has 3 saturated heterocycles. The molecule has 0 spiro atoms. The van der Waals surface area contributed by atoms with Crippen LogP contribution in [0.3, 0.4) is 0 Å². The van der Waals surface area contributed by atoms with Crippen molar-refractivity contribution in [3.8, 4) is 138 Å². The number of rotatable bonds is 11. The minimum absolute atomic E-state index is 0.00425. The monoisotopic (exact) mass is 1570 g/mol. The number of hydrogen-bond acceptors (Lipinski definition) is 18. The number of amides is 2. The maximum absolute atomic E-state index is 15.3. The number of nitrogens with zero attached hydrogens (tertiary/aromatic N) is 6. The van der Waals surface area contributed by atoms with Gasteiger partial charge >= 0.3 is 0 Å². The second-order valence-corrected chi connectivity index (χ2v) is 27.7. The van der Waals surface area contributed by atoms with Crippen molar-refractivity contribution in [2.75, 3.05) is 56.9 Å². The molecule has 6 aliphatic rings. The Balaban J connectivity index is 0.000000192. The van der Waals surface area contributed by atoms with E-state index in [1.165, 1.54) is 47.4 Å². The van der Waals surface area contributed by atoms with E-state index in [1.807, 2.05) is 36.4 Å². The van der Waals surface area contributed by atoms with Gasteiger partial charge in [0.1, 0.15) is 69.7 Å². The number of halogens is 6. The molecule has 0 saturated carbocycles. The third kappa shape index (κ3) is 23.1. The van der Waals surface area contributed by atoms with E-state index in [-0.39, 0.29) is 108 Å². The van der Waals surface area contributed by atoms with Crippen LogP contribution in [-0.4, -0.2) is 113 Å². The van der Waals surface area contributed by atoms with Crippen molar-refractivity contribution in [2.45, 2.75) is 67.7 Å². The Bertz CT molecular complexity index is 5340. The summed E-state index contributed by atoms with van der Waals surface area (Å²) < 4.78 is 110. The van der Waals surface area contributed by atoms with Crippen LogP contribution in [0, 0.1) is 207 Å². The molecule has 566 valence electrons. The number of carbonyl (C=O) groups is 2. The van der Waals surface area contributed by atoms with Gasteiger partial charge in [-0.3, -0.25) is 9.59 Å². The first-order valence-electron chi connectivity index (χ1n) is 34.1. The summed E-state index contributed by atoms with van der Waals surface area (Å²) in [4.78, 5) is 39.3. The SMILES string of the molecule is C#CC#CC#CC#CC#C.C#CC#CC#CC#CC#CC.N#Cc1cc([C@]23COC(CO)C[C@H]2CSC(N)=N3)c(F)cc1F.N#Cc1cc([C@]23COC(CO)C[C@H]2CSC(NC(=O)c2ccccc2)=N3)c(F)cc1F.N#Cc1cc([C@]23COC(COCc4ccccc4)C[C@H]2CSC(NC(=O)c2ccccc2)=N3)c(F)cc1F. The zero-order chi connectivity index (χ0) is 81.2. The summed E-state index contributed by atoms with van der Waals surface area (Å²) >= 11 is 4.04. The molecule has 3 fully saturated rings. The summed E-state index contributed by atoms with van der Waals surface area (Å²) in [6.07, 6.45) is 14.9. The predicted molar refractivity (Wildman–Crippen MR) is 420 cm³/mol. The van der Waals surface area contributed by atoms with Crippen LogP contribution in [0.2, 0.25) is 0 Å². The normalized spacial score (nSPS) is 21.3. The van der Waals surface area contributed by atoms with Crippen LogP contribution in [0.4, 0.5) is 26.3 Å². The van der Waals surface area contributed by atoms with Crippen molar-refractivity contribution >= 4 is 62.6 Å². The maximum Gasteiger partial charge on any atom is 0.257 e. The number of thioether (sulfide) groups is 3. The van der Waals surface area contributed by atoms with E-state index < -0.39 is 57.6 Å². The van der Waals surface area contributed by atoms with Gasteiger partial charge in [-0.25, -0.2) is 41.3 Å². The Kier molecular flexibility index (Phi) is 32.9. The molecule has 0 bridgehead atoms. The molecular formula is C87H65F6N9O8S3. The van der Waals surface area contributed by atoms with Gasteiger partial charge in [0, 0.05) is 81.0 Å². The Hall–Kier alpha value is -12.5. The quantitative estimate of drug-likeness (QED) is 0.0596. The number of nitriles is 3. The zero-order valence-electron chi connectivity index (χ0n) is 60.1. The van der Waals surface area contributed by atoms with Crippen LogP contribution in [0.15, 0.2) is 142 Å². The molecular weight excluding hydrogens is 1510 g/mol. The van der Waals surface area contributed by atoms with Crippen LogP contribution in [0.1, 0.15) is 85.8 Å². The van der Waals surface area contributed by atoms with E-state index in [2.05, 4.69) is 121 Å². The highest BCUT2D eigenvalue weighted by atomic mass is 32.2. The largest absolute Gasteiger partial charge is 0.394 e. The lowest BCUT2D eigenvalue weighted by molar-refractivity contribution is -0.0927. The lowest BCUT2D eigenvalue weighted by Gasteiger charge is -2.46. The van der Waals surface area contributed by atoms with Crippen LogP contribution in [-0.2, 0) is 42.2 Å². The Morgan fingerprint density at radius 1 is 0.496 bits per heavy atom. The Morgan fingerprint density at radius 2 is 0.832 bits per heavy atom. The smallest absolute Gasteiger partial charge is 0.257 e. The van der Waals surface area contributed by atoms with E-state index in [0.717, 1.165) is 11.6 Å². The summed E-state index contributed by atoms with van der Waals surface area (Å²) in [5.74, 6) is 35.4. The fourth-order valence-electron chi connectivity index (χ4n) is 12.3. The van der Waals surface area contributed by atoms with Crippen LogP contribution in [0.5, 0.6) is 0 Å². The molecule has 6 aromatic carbocycles. The number of benzene rings is 6. The fraction of sp³-hybridized carbons (Fsp3) is 0.264. The summed E-state index contributed by atoms with van der Waals surface area (Å²) in [7, 11) is 0. The molecule has 6 aromatic rings. The Morgan fingerprint density at radius 3 is 1.19 bits per heavy atom. The lowest BCUT2D eigenvalue weighted by atomic mass is 9.74. The van der Waals surface area contributed by atoms with E-state index in [1.54, 1.807) is 79.7 Å². The topological polar surface area (TPSA) is 270 Å². The first-order valence-corrected chi connectivity index (χ1v) is 37.1. The first-order chi connectivity index (χ1) is 54.8. The van der Waals surface area contributed by atoms with Gasteiger partial charge in [-0.2, -0.15) is 15.8 Å².